The molecule has 0 bridgehead atoms. The first kappa shape index (κ1) is 15.0. The summed E-state index contributed by atoms with van der Waals surface area (Å²) in [6.45, 7) is 5.77. The van der Waals surface area contributed by atoms with E-state index in [9.17, 15) is 9.59 Å². The summed E-state index contributed by atoms with van der Waals surface area (Å²) in [7, 11) is 1.59. The summed E-state index contributed by atoms with van der Waals surface area (Å²) in [5.74, 6) is -0.507. The molecule has 1 aromatic rings. The molecule has 0 fully saturated rings. The van der Waals surface area contributed by atoms with Crippen LogP contribution in [0.25, 0.3) is 0 Å². The van der Waals surface area contributed by atoms with Crippen LogP contribution in [0.15, 0.2) is 24.3 Å². The molecule has 0 saturated carbocycles. The third-order valence-corrected chi connectivity index (χ3v) is 2.31. The Balaban J connectivity index is 2.47. The van der Waals surface area contributed by atoms with Gasteiger partial charge in [-0.1, -0.05) is 12.1 Å². The highest BCUT2D eigenvalue weighted by molar-refractivity contribution is 6.35. The van der Waals surface area contributed by atoms with E-state index in [4.69, 9.17) is 4.74 Å². The number of carbonyl (C=O) groups excluding carboxylic acids is 2. The molecule has 5 nitrogen and oxygen atoms in total. The van der Waals surface area contributed by atoms with Crippen LogP contribution >= 0.6 is 0 Å². The Hall–Kier alpha value is -2.04. The Morgan fingerprint density at radius 2 is 1.68 bits per heavy atom. The maximum absolute atomic E-state index is 11.6. The summed E-state index contributed by atoms with van der Waals surface area (Å²) in [5, 5.41) is 5.17. The van der Waals surface area contributed by atoms with Crippen molar-refractivity contribution in [2.75, 3.05) is 7.11 Å². The predicted octanol–water partition coefficient (Wildman–Crippen LogP) is 1.23. The van der Waals surface area contributed by atoms with E-state index in [1.807, 2.05) is 32.9 Å². The van der Waals surface area contributed by atoms with Crippen molar-refractivity contribution in [2.45, 2.75) is 32.9 Å². The topological polar surface area (TPSA) is 67.4 Å². The quantitative estimate of drug-likeness (QED) is 0.807. The molecule has 0 radical (unpaired) electrons. The van der Waals surface area contributed by atoms with Crippen LogP contribution in [0.1, 0.15) is 26.3 Å². The largest absolute Gasteiger partial charge is 0.497 e. The summed E-state index contributed by atoms with van der Waals surface area (Å²) in [6, 6.07) is 7.27. The van der Waals surface area contributed by atoms with Crippen molar-refractivity contribution in [1.82, 2.24) is 10.6 Å². The highest BCUT2D eigenvalue weighted by atomic mass is 16.5. The molecule has 2 amide bonds. The van der Waals surface area contributed by atoms with Crippen molar-refractivity contribution in [3.63, 3.8) is 0 Å². The minimum absolute atomic E-state index is 0.306. The Kier molecular flexibility index (Phi) is 4.92. The lowest BCUT2D eigenvalue weighted by molar-refractivity contribution is -0.140. The van der Waals surface area contributed by atoms with Crippen LogP contribution in [0.3, 0.4) is 0 Å². The molecule has 0 aromatic heterocycles. The standard InChI is InChI=1S/C14H20N2O3/c1-14(2,3)16-13(18)12(17)15-9-10-5-7-11(19-4)8-6-10/h5-8H,9H2,1-4H3,(H,15,17)(H,16,18). The fraction of sp³-hybridized carbons (Fsp3) is 0.429. The Morgan fingerprint density at radius 1 is 1.11 bits per heavy atom. The zero-order valence-corrected chi connectivity index (χ0v) is 11.7. The maximum atomic E-state index is 11.6. The summed E-state index contributed by atoms with van der Waals surface area (Å²) >= 11 is 0. The third kappa shape index (κ3) is 5.42. The van der Waals surface area contributed by atoms with Gasteiger partial charge in [0.2, 0.25) is 0 Å². The highest BCUT2D eigenvalue weighted by Gasteiger charge is 2.19. The van der Waals surface area contributed by atoms with E-state index < -0.39 is 17.4 Å². The molecular formula is C14H20N2O3. The van der Waals surface area contributed by atoms with Gasteiger partial charge in [-0.25, -0.2) is 0 Å². The van der Waals surface area contributed by atoms with Crippen molar-refractivity contribution < 1.29 is 14.3 Å². The van der Waals surface area contributed by atoms with Gasteiger partial charge in [-0.2, -0.15) is 0 Å². The molecule has 0 atom stereocenters. The molecule has 1 aromatic carbocycles. The Bertz CT molecular complexity index is 447. The summed E-state index contributed by atoms with van der Waals surface area (Å²) in [6.07, 6.45) is 0. The fourth-order valence-corrected chi connectivity index (χ4v) is 1.40. The van der Waals surface area contributed by atoms with Gasteiger partial charge in [0.05, 0.1) is 7.11 Å². The second kappa shape index (κ2) is 6.22. The van der Waals surface area contributed by atoms with Gasteiger partial charge < -0.3 is 15.4 Å². The van der Waals surface area contributed by atoms with Crippen molar-refractivity contribution in [2.24, 2.45) is 0 Å². The number of hydrogen-bond donors (Lipinski definition) is 2. The van der Waals surface area contributed by atoms with Crippen molar-refractivity contribution >= 4 is 11.8 Å². The lowest BCUT2D eigenvalue weighted by atomic mass is 10.1. The van der Waals surface area contributed by atoms with Crippen molar-refractivity contribution in [3.8, 4) is 5.75 Å². The third-order valence-electron chi connectivity index (χ3n) is 2.31. The molecule has 2 N–H and O–H groups in total. The number of nitrogens with one attached hydrogen (secondary N) is 2. The van der Waals surface area contributed by atoms with E-state index in [-0.39, 0.29) is 0 Å². The molecule has 1 rings (SSSR count). The maximum Gasteiger partial charge on any atom is 0.309 e. The van der Waals surface area contributed by atoms with Crippen LogP contribution in [0, 0.1) is 0 Å². The summed E-state index contributed by atoms with van der Waals surface area (Å²) in [5.41, 5.74) is 0.479. The number of carbonyl (C=O) groups is 2. The first-order valence-electron chi connectivity index (χ1n) is 6.05. The zero-order chi connectivity index (χ0) is 14.5. The Morgan fingerprint density at radius 3 is 2.16 bits per heavy atom. The van der Waals surface area contributed by atoms with Gasteiger partial charge in [0.1, 0.15) is 5.75 Å². The first-order valence-corrected chi connectivity index (χ1v) is 6.05. The molecule has 5 heteroatoms. The Labute approximate surface area is 113 Å². The van der Waals surface area contributed by atoms with Gasteiger partial charge in [0.25, 0.3) is 0 Å². The van der Waals surface area contributed by atoms with Gasteiger partial charge in [0, 0.05) is 12.1 Å². The average Bonchev–Trinajstić information content (AvgIpc) is 2.34. The van der Waals surface area contributed by atoms with E-state index in [0.29, 0.717) is 6.54 Å². The lowest BCUT2D eigenvalue weighted by Gasteiger charge is -2.19. The number of hydrogen-bond acceptors (Lipinski definition) is 3. The highest BCUT2D eigenvalue weighted by Crippen LogP contribution is 2.10. The van der Waals surface area contributed by atoms with Crippen LogP contribution < -0.4 is 15.4 Å². The molecule has 0 spiro atoms. The van der Waals surface area contributed by atoms with E-state index in [2.05, 4.69) is 10.6 Å². The smallest absolute Gasteiger partial charge is 0.309 e. The fourth-order valence-electron chi connectivity index (χ4n) is 1.40. The van der Waals surface area contributed by atoms with Crippen LogP contribution in [0.5, 0.6) is 5.75 Å². The van der Waals surface area contributed by atoms with Gasteiger partial charge in [-0.05, 0) is 38.5 Å². The molecule has 19 heavy (non-hydrogen) atoms. The molecule has 0 saturated heterocycles. The second-order valence-electron chi connectivity index (χ2n) is 5.23. The average molecular weight is 264 g/mol. The van der Waals surface area contributed by atoms with Crippen LogP contribution in [-0.4, -0.2) is 24.5 Å². The van der Waals surface area contributed by atoms with E-state index in [1.54, 1.807) is 19.2 Å². The van der Waals surface area contributed by atoms with Crippen LogP contribution in [0.2, 0.25) is 0 Å². The molecular weight excluding hydrogens is 244 g/mol. The molecule has 0 unspecified atom stereocenters. The van der Waals surface area contributed by atoms with Gasteiger partial charge in [0.15, 0.2) is 0 Å². The second-order valence-corrected chi connectivity index (χ2v) is 5.23. The van der Waals surface area contributed by atoms with E-state index in [1.165, 1.54) is 0 Å². The van der Waals surface area contributed by atoms with Gasteiger partial charge in [-0.15, -0.1) is 0 Å². The monoisotopic (exact) mass is 264 g/mol. The van der Waals surface area contributed by atoms with Crippen molar-refractivity contribution in [1.29, 1.82) is 0 Å². The SMILES string of the molecule is COc1ccc(CNC(=O)C(=O)NC(C)(C)C)cc1. The minimum Gasteiger partial charge on any atom is -0.497 e. The van der Waals surface area contributed by atoms with Crippen LogP contribution in [-0.2, 0) is 16.1 Å². The molecule has 0 heterocycles. The number of rotatable bonds is 3. The predicted molar refractivity (Wildman–Crippen MR) is 72.7 cm³/mol. The number of amides is 2. The van der Waals surface area contributed by atoms with Crippen LogP contribution in [0.4, 0.5) is 0 Å². The number of methoxy groups -OCH3 is 1. The summed E-state index contributed by atoms with van der Waals surface area (Å²) in [4.78, 5) is 23.1. The molecule has 104 valence electrons. The number of ether oxygens (including phenoxy) is 1. The van der Waals surface area contributed by atoms with Gasteiger partial charge in [-0.3, -0.25) is 9.59 Å². The lowest BCUT2D eigenvalue weighted by Crippen LogP contribution is -2.48. The molecule has 0 aliphatic rings. The van der Waals surface area contributed by atoms with E-state index in [0.717, 1.165) is 11.3 Å². The first-order chi connectivity index (χ1) is 8.81. The normalized spacial score (nSPS) is 10.7. The van der Waals surface area contributed by atoms with Crippen molar-refractivity contribution in [3.05, 3.63) is 29.8 Å². The van der Waals surface area contributed by atoms with Gasteiger partial charge >= 0.3 is 11.8 Å². The number of benzene rings is 1. The minimum atomic E-state index is -0.634. The molecule has 0 aliphatic carbocycles. The summed E-state index contributed by atoms with van der Waals surface area (Å²) < 4.78 is 5.04. The zero-order valence-electron chi connectivity index (χ0n) is 11.7. The van der Waals surface area contributed by atoms with E-state index >= 15 is 0 Å². The molecule has 0 aliphatic heterocycles.